The number of nitrogens with one attached hydrogen (secondary N) is 1. The Labute approximate surface area is 157 Å². The topological polar surface area (TPSA) is 78.9 Å². The Morgan fingerprint density at radius 1 is 1.23 bits per heavy atom. The first kappa shape index (κ1) is 21.2. The Morgan fingerprint density at radius 2 is 1.85 bits per heavy atom. The number of rotatable bonds is 9. The predicted molar refractivity (Wildman–Crippen MR) is 103 cm³/mol. The molecule has 2 rings (SSSR count). The number of aliphatic hydroxyl groups is 1. The van der Waals surface area contributed by atoms with Crippen molar-refractivity contribution >= 4 is 9.84 Å². The number of piperazine rings is 1. The molecule has 0 spiro atoms. The van der Waals surface area contributed by atoms with Crippen molar-refractivity contribution in [3.05, 3.63) is 24.3 Å². The highest BCUT2D eigenvalue weighted by atomic mass is 32.2. The highest BCUT2D eigenvalue weighted by molar-refractivity contribution is 7.91. The van der Waals surface area contributed by atoms with E-state index in [0.29, 0.717) is 23.6 Å². The molecule has 1 aromatic carbocycles. The zero-order valence-electron chi connectivity index (χ0n) is 16.1. The number of hydrogen-bond acceptors (Lipinski definition) is 6. The average molecular weight is 385 g/mol. The van der Waals surface area contributed by atoms with Crippen molar-refractivity contribution in [1.29, 1.82) is 0 Å². The van der Waals surface area contributed by atoms with E-state index in [2.05, 4.69) is 10.2 Å². The van der Waals surface area contributed by atoms with Gasteiger partial charge in [-0.15, -0.1) is 0 Å². The fourth-order valence-corrected chi connectivity index (χ4v) is 4.35. The van der Waals surface area contributed by atoms with Gasteiger partial charge in [-0.05, 0) is 44.5 Å². The van der Waals surface area contributed by atoms with E-state index in [1.165, 1.54) is 0 Å². The number of benzene rings is 1. The molecule has 7 heteroatoms. The van der Waals surface area contributed by atoms with Crippen molar-refractivity contribution in [2.24, 2.45) is 0 Å². The molecule has 0 radical (unpaired) electrons. The second-order valence-electron chi connectivity index (χ2n) is 7.42. The van der Waals surface area contributed by atoms with Gasteiger partial charge < -0.3 is 15.2 Å². The summed E-state index contributed by atoms with van der Waals surface area (Å²) in [7, 11) is -3.24. The number of nitrogens with zero attached hydrogens (tertiary/aromatic N) is 1. The maximum absolute atomic E-state index is 12.2. The molecule has 1 unspecified atom stereocenters. The molecule has 0 bridgehead atoms. The van der Waals surface area contributed by atoms with Crippen LogP contribution in [0, 0.1) is 0 Å². The number of unbranched alkanes of at least 4 members (excludes halogenated alkanes) is 1. The molecule has 0 saturated carbocycles. The molecule has 1 fully saturated rings. The van der Waals surface area contributed by atoms with Gasteiger partial charge >= 0.3 is 0 Å². The van der Waals surface area contributed by atoms with E-state index < -0.39 is 21.5 Å². The summed E-state index contributed by atoms with van der Waals surface area (Å²) < 4.78 is 30.4. The van der Waals surface area contributed by atoms with Crippen LogP contribution < -0.4 is 10.1 Å². The first-order valence-corrected chi connectivity index (χ1v) is 11.0. The van der Waals surface area contributed by atoms with E-state index in [0.717, 1.165) is 32.6 Å². The van der Waals surface area contributed by atoms with Gasteiger partial charge in [0.05, 0.1) is 10.6 Å². The number of sulfone groups is 1. The molecule has 1 aromatic rings. The lowest BCUT2D eigenvalue weighted by Gasteiger charge is -2.36. The lowest BCUT2D eigenvalue weighted by atomic mass is 10.0. The number of β-amino-alcohol motifs (C(OH)–C–C–N with tert-alkyl or cyclic N) is 1. The molecular formula is C19H32N2O4S. The van der Waals surface area contributed by atoms with E-state index in [4.69, 9.17) is 4.74 Å². The Morgan fingerprint density at radius 3 is 2.42 bits per heavy atom. The standard InChI is InChI=1S/C19H32N2O4S/c1-4-5-14-26(23,24)17-8-6-16(7-9-17)25-19(2,3)18(22)15-21-12-10-20-11-13-21/h6-9,18,20,22H,4-5,10-15H2,1-3H3. The highest BCUT2D eigenvalue weighted by Gasteiger charge is 2.32. The lowest BCUT2D eigenvalue weighted by molar-refractivity contribution is -0.0456. The predicted octanol–water partition coefficient (Wildman–Crippen LogP) is 1.68. The van der Waals surface area contributed by atoms with E-state index in [1.54, 1.807) is 24.3 Å². The molecule has 0 aromatic heterocycles. The summed E-state index contributed by atoms with van der Waals surface area (Å²) in [6.07, 6.45) is 0.861. The molecule has 26 heavy (non-hydrogen) atoms. The van der Waals surface area contributed by atoms with Crippen molar-refractivity contribution in [1.82, 2.24) is 10.2 Å². The molecule has 1 aliphatic rings. The highest BCUT2D eigenvalue weighted by Crippen LogP contribution is 2.24. The van der Waals surface area contributed by atoms with Crippen LogP contribution in [-0.4, -0.2) is 68.6 Å². The third-order valence-electron chi connectivity index (χ3n) is 4.77. The molecule has 1 heterocycles. The molecule has 0 amide bonds. The van der Waals surface area contributed by atoms with Crippen molar-refractivity contribution in [3.8, 4) is 5.75 Å². The summed E-state index contributed by atoms with van der Waals surface area (Å²) >= 11 is 0. The van der Waals surface area contributed by atoms with Crippen LogP contribution in [0.4, 0.5) is 0 Å². The third-order valence-corrected chi connectivity index (χ3v) is 6.59. The minimum Gasteiger partial charge on any atom is -0.485 e. The molecular weight excluding hydrogens is 352 g/mol. The molecule has 1 atom stereocenters. The van der Waals surface area contributed by atoms with Crippen molar-refractivity contribution in [2.45, 2.75) is 50.2 Å². The van der Waals surface area contributed by atoms with Crippen LogP contribution in [0.1, 0.15) is 33.6 Å². The first-order chi connectivity index (χ1) is 12.2. The maximum atomic E-state index is 12.2. The van der Waals surface area contributed by atoms with Gasteiger partial charge in [-0.1, -0.05) is 13.3 Å². The van der Waals surface area contributed by atoms with Crippen molar-refractivity contribution < 1.29 is 18.3 Å². The summed E-state index contributed by atoms with van der Waals surface area (Å²) in [6, 6.07) is 6.49. The largest absolute Gasteiger partial charge is 0.485 e. The van der Waals surface area contributed by atoms with Crippen molar-refractivity contribution in [3.63, 3.8) is 0 Å². The van der Waals surface area contributed by atoms with Crippen molar-refractivity contribution in [2.75, 3.05) is 38.5 Å². The SMILES string of the molecule is CCCCS(=O)(=O)c1ccc(OC(C)(C)C(O)CN2CCNCC2)cc1. The van der Waals surface area contributed by atoms with E-state index in [-0.39, 0.29) is 5.75 Å². The van der Waals surface area contributed by atoms with E-state index >= 15 is 0 Å². The number of hydrogen-bond donors (Lipinski definition) is 2. The summed E-state index contributed by atoms with van der Waals surface area (Å²) in [6.45, 7) is 9.93. The number of aliphatic hydroxyl groups excluding tert-OH is 1. The number of ether oxygens (including phenoxy) is 1. The fourth-order valence-electron chi connectivity index (χ4n) is 2.90. The summed E-state index contributed by atoms with van der Waals surface area (Å²) in [5, 5.41) is 13.9. The van der Waals surface area contributed by atoms with Gasteiger partial charge in [-0.3, -0.25) is 4.90 Å². The molecule has 1 saturated heterocycles. The quantitative estimate of drug-likeness (QED) is 0.674. The normalized spacial score (nSPS) is 17.8. The minimum atomic E-state index is -3.24. The summed E-state index contributed by atoms with van der Waals surface area (Å²) in [4.78, 5) is 2.54. The van der Waals surface area contributed by atoms with Crippen LogP contribution in [-0.2, 0) is 9.84 Å². The van der Waals surface area contributed by atoms with Gasteiger partial charge in [0.15, 0.2) is 9.84 Å². The van der Waals surface area contributed by atoms with Crippen LogP contribution in [0.15, 0.2) is 29.2 Å². The molecule has 2 N–H and O–H groups in total. The second-order valence-corrected chi connectivity index (χ2v) is 9.52. The maximum Gasteiger partial charge on any atom is 0.178 e. The smallest absolute Gasteiger partial charge is 0.178 e. The average Bonchev–Trinajstić information content (AvgIpc) is 2.61. The Kier molecular flexibility index (Phi) is 7.46. The first-order valence-electron chi connectivity index (χ1n) is 9.37. The van der Waals surface area contributed by atoms with E-state index in [1.807, 2.05) is 20.8 Å². The second kappa shape index (κ2) is 9.17. The van der Waals surface area contributed by atoms with E-state index in [9.17, 15) is 13.5 Å². The minimum absolute atomic E-state index is 0.165. The summed E-state index contributed by atoms with van der Waals surface area (Å²) in [5.74, 6) is 0.724. The lowest BCUT2D eigenvalue weighted by Crippen LogP contribution is -2.52. The molecule has 0 aliphatic carbocycles. The molecule has 148 valence electrons. The zero-order valence-corrected chi connectivity index (χ0v) is 16.9. The van der Waals surface area contributed by atoms with Gasteiger partial charge in [0.2, 0.25) is 0 Å². The van der Waals surface area contributed by atoms with Gasteiger partial charge in [0.1, 0.15) is 17.5 Å². The molecule has 1 aliphatic heterocycles. The van der Waals surface area contributed by atoms with Crippen LogP contribution >= 0.6 is 0 Å². The Bertz CT molecular complexity index is 653. The van der Waals surface area contributed by atoms with Gasteiger partial charge in [-0.25, -0.2) is 8.42 Å². The van der Waals surface area contributed by atoms with Crippen LogP contribution in [0.3, 0.4) is 0 Å². The fraction of sp³-hybridized carbons (Fsp3) is 0.684. The van der Waals surface area contributed by atoms with Gasteiger partial charge in [-0.2, -0.15) is 0 Å². The summed E-state index contributed by atoms with van der Waals surface area (Å²) in [5.41, 5.74) is -0.770. The Balaban J connectivity index is 1.97. The molecule has 6 nitrogen and oxygen atoms in total. The van der Waals surface area contributed by atoms with Gasteiger partial charge in [0, 0.05) is 32.7 Å². The van der Waals surface area contributed by atoms with Crippen LogP contribution in [0.2, 0.25) is 0 Å². The van der Waals surface area contributed by atoms with Gasteiger partial charge in [0.25, 0.3) is 0 Å². The zero-order chi connectivity index (χ0) is 19.2. The van der Waals surface area contributed by atoms with Crippen LogP contribution in [0.5, 0.6) is 5.75 Å². The monoisotopic (exact) mass is 384 g/mol. The van der Waals surface area contributed by atoms with Crippen LogP contribution in [0.25, 0.3) is 0 Å². The third kappa shape index (κ3) is 5.94. The Hall–Kier alpha value is -1.15.